The fraction of sp³-hybridized carbons (Fsp3) is 0.455. The molecule has 0 saturated carbocycles. The van der Waals surface area contributed by atoms with Crippen molar-refractivity contribution < 1.29 is 4.79 Å². The third-order valence-electron chi connectivity index (χ3n) is 2.28. The highest BCUT2D eigenvalue weighted by atomic mass is 79.9. The number of carbonyl (C=O) groups is 1. The number of aromatic nitrogens is 1. The van der Waals surface area contributed by atoms with Gasteiger partial charge in [0.2, 0.25) is 5.91 Å². The van der Waals surface area contributed by atoms with Crippen molar-refractivity contribution in [2.45, 2.75) is 26.8 Å². The van der Waals surface area contributed by atoms with Gasteiger partial charge in [0.05, 0.1) is 11.7 Å². The molecular weight excluding hydrogens is 305 g/mol. The van der Waals surface area contributed by atoms with E-state index in [1.165, 1.54) is 0 Å². The Kier molecular flexibility index (Phi) is 4.52. The zero-order valence-corrected chi connectivity index (χ0v) is 12.3. The second-order valence-electron chi connectivity index (χ2n) is 4.82. The van der Waals surface area contributed by atoms with Crippen LogP contribution in [-0.4, -0.2) is 16.9 Å². The van der Waals surface area contributed by atoms with E-state index in [4.69, 9.17) is 17.3 Å². The van der Waals surface area contributed by atoms with E-state index in [1.54, 1.807) is 12.3 Å². The molecule has 94 valence electrons. The molecule has 17 heavy (non-hydrogen) atoms. The van der Waals surface area contributed by atoms with Gasteiger partial charge in [-0.15, -0.1) is 0 Å². The van der Waals surface area contributed by atoms with Crippen molar-refractivity contribution in [2.75, 3.05) is 5.32 Å². The second kappa shape index (κ2) is 5.33. The smallest absolute Gasteiger partial charge is 0.241 e. The van der Waals surface area contributed by atoms with Crippen LogP contribution in [-0.2, 0) is 4.79 Å². The normalized spacial score (nSPS) is 13.3. The summed E-state index contributed by atoms with van der Waals surface area (Å²) in [5.74, 6) is -0.278. The Hall–Kier alpha value is -0.650. The van der Waals surface area contributed by atoms with Gasteiger partial charge < -0.3 is 11.1 Å². The molecule has 0 fully saturated rings. The molecule has 0 radical (unpaired) electrons. The molecule has 0 saturated heterocycles. The van der Waals surface area contributed by atoms with Crippen molar-refractivity contribution in [3.05, 3.63) is 21.9 Å². The summed E-state index contributed by atoms with van der Waals surface area (Å²) < 4.78 is 0.738. The molecule has 1 atom stereocenters. The van der Waals surface area contributed by atoms with E-state index in [0.29, 0.717) is 5.69 Å². The number of hydrogen-bond acceptors (Lipinski definition) is 3. The molecule has 0 aliphatic heterocycles. The maximum Gasteiger partial charge on any atom is 0.241 e. The molecule has 3 N–H and O–H groups in total. The van der Waals surface area contributed by atoms with E-state index >= 15 is 0 Å². The molecule has 1 rings (SSSR count). The minimum atomic E-state index is -0.613. The molecule has 1 aromatic heterocycles. The average Bonchev–Trinajstić information content (AvgIpc) is 2.21. The zero-order chi connectivity index (χ0) is 13.2. The minimum absolute atomic E-state index is 0.239. The van der Waals surface area contributed by atoms with Gasteiger partial charge in [0.15, 0.2) is 5.15 Å². The number of rotatable bonds is 2. The van der Waals surface area contributed by atoms with Crippen LogP contribution in [0.25, 0.3) is 0 Å². The van der Waals surface area contributed by atoms with Gasteiger partial charge >= 0.3 is 0 Å². The number of carbonyl (C=O) groups excluding carboxylic acids is 1. The van der Waals surface area contributed by atoms with Crippen molar-refractivity contribution in [1.29, 1.82) is 0 Å². The first-order chi connectivity index (χ1) is 7.71. The molecule has 6 heteroatoms. The van der Waals surface area contributed by atoms with Crippen LogP contribution in [0.3, 0.4) is 0 Å². The van der Waals surface area contributed by atoms with Crippen molar-refractivity contribution in [3.63, 3.8) is 0 Å². The molecule has 0 spiro atoms. The molecule has 0 unspecified atom stereocenters. The van der Waals surface area contributed by atoms with Gasteiger partial charge in [0, 0.05) is 10.7 Å². The number of pyridine rings is 1. The summed E-state index contributed by atoms with van der Waals surface area (Å²) in [4.78, 5) is 15.8. The van der Waals surface area contributed by atoms with Gasteiger partial charge in [-0.1, -0.05) is 32.4 Å². The maximum absolute atomic E-state index is 11.9. The number of anilines is 1. The number of nitrogens with one attached hydrogen (secondary N) is 1. The summed E-state index contributed by atoms with van der Waals surface area (Å²) in [5.41, 5.74) is 5.98. The highest BCUT2D eigenvalue weighted by Gasteiger charge is 2.27. The topological polar surface area (TPSA) is 68.0 Å². The lowest BCUT2D eigenvalue weighted by Crippen LogP contribution is -2.45. The summed E-state index contributed by atoms with van der Waals surface area (Å²) in [7, 11) is 0. The van der Waals surface area contributed by atoms with Crippen LogP contribution in [0.15, 0.2) is 16.7 Å². The lowest BCUT2D eigenvalue weighted by atomic mass is 9.87. The number of nitrogens with zero attached hydrogens (tertiary/aromatic N) is 1. The summed E-state index contributed by atoms with van der Waals surface area (Å²) in [6, 6.07) is 1.07. The predicted octanol–water partition coefficient (Wildman–Crippen LogP) is 2.81. The molecule has 1 amide bonds. The lowest BCUT2D eigenvalue weighted by molar-refractivity contribution is -0.119. The van der Waals surface area contributed by atoms with Gasteiger partial charge in [0.1, 0.15) is 0 Å². The van der Waals surface area contributed by atoms with Crippen molar-refractivity contribution in [1.82, 2.24) is 4.98 Å². The van der Waals surface area contributed by atoms with Crippen LogP contribution in [0.1, 0.15) is 20.8 Å². The quantitative estimate of drug-likeness (QED) is 0.823. The third kappa shape index (κ3) is 3.94. The first-order valence-electron chi connectivity index (χ1n) is 5.09. The molecule has 0 aliphatic carbocycles. The van der Waals surface area contributed by atoms with Crippen molar-refractivity contribution in [2.24, 2.45) is 11.1 Å². The Balaban J connectivity index is 2.85. The Morgan fingerprint density at radius 1 is 1.59 bits per heavy atom. The van der Waals surface area contributed by atoms with Gasteiger partial charge in [-0.2, -0.15) is 0 Å². The summed E-state index contributed by atoms with van der Waals surface area (Å²) in [6.45, 7) is 5.70. The van der Waals surface area contributed by atoms with Crippen LogP contribution in [0, 0.1) is 5.41 Å². The Morgan fingerprint density at radius 3 is 2.71 bits per heavy atom. The monoisotopic (exact) mass is 319 g/mol. The summed E-state index contributed by atoms with van der Waals surface area (Å²) in [5, 5.41) is 2.91. The minimum Gasteiger partial charge on any atom is -0.322 e. The van der Waals surface area contributed by atoms with Crippen molar-refractivity contribution in [3.8, 4) is 0 Å². The average molecular weight is 321 g/mol. The van der Waals surface area contributed by atoms with E-state index in [9.17, 15) is 4.79 Å². The Bertz CT molecular complexity index is 431. The van der Waals surface area contributed by atoms with Crippen LogP contribution >= 0.6 is 27.5 Å². The highest BCUT2D eigenvalue weighted by molar-refractivity contribution is 9.10. The van der Waals surface area contributed by atoms with E-state index in [0.717, 1.165) is 4.47 Å². The third-order valence-corrected chi connectivity index (χ3v) is 3.01. The molecule has 4 nitrogen and oxygen atoms in total. The van der Waals surface area contributed by atoms with Gasteiger partial charge in [0.25, 0.3) is 0 Å². The number of hydrogen-bond donors (Lipinski definition) is 2. The largest absolute Gasteiger partial charge is 0.322 e. The number of halogens is 2. The van der Waals surface area contributed by atoms with Crippen LogP contribution in [0.2, 0.25) is 5.15 Å². The van der Waals surface area contributed by atoms with Gasteiger partial charge in [-0.05, 0) is 27.4 Å². The van der Waals surface area contributed by atoms with E-state index in [-0.39, 0.29) is 16.5 Å². The van der Waals surface area contributed by atoms with Crippen LogP contribution < -0.4 is 11.1 Å². The highest BCUT2D eigenvalue weighted by Crippen LogP contribution is 2.24. The van der Waals surface area contributed by atoms with Crippen LogP contribution in [0.4, 0.5) is 5.69 Å². The Morgan fingerprint density at radius 2 is 2.18 bits per heavy atom. The van der Waals surface area contributed by atoms with Crippen molar-refractivity contribution >= 4 is 39.1 Å². The van der Waals surface area contributed by atoms with E-state index < -0.39 is 6.04 Å². The second-order valence-corrected chi connectivity index (χ2v) is 6.10. The maximum atomic E-state index is 11.9. The fourth-order valence-electron chi connectivity index (χ4n) is 1.11. The first-order valence-corrected chi connectivity index (χ1v) is 6.26. The molecule has 0 bridgehead atoms. The lowest BCUT2D eigenvalue weighted by Gasteiger charge is -2.25. The van der Waals surface area contributed by atoms with E-state index in [1.807, 2.05) is 20.8 Å². The molecule has 1 aromatic rings. The SMILES string of the molecule is CC(C)(C)[C@H](N)C(=O)Nc1cc(Br)cnc1Cl. The molecule has 1 heterocycles. The van der Waals surface area contributed by atoms with Crippen LogP contribution in [0.5, 0.6) is 0 Å². The first kappa shape index (κ1) is 14.4. The standard InChI is InChI=1S/C11H15BrClN3O/c1-11(2,3)8(14)10(17)16-7-4-6(12)5-15-9(7)13/h4-5,8H,14H2,1-3H3,(H,16,17)/t8-/m1/s1. The molecule has 0 aromatic carbocycles. The Labute approximate surface area is 114 Å². The zero-order valence-electron chi connectivity index (χ0n) is 9.92. The molecular formula is C11H15BrClN3O. The van der Waals surface area contributed by atoms with E-state index in [2.05, 4.69) is 26.2 Å². The summed E-state index contributed by atoms with van der Waals surface area (Å²) in [6.07, 6.45) is 1.56. The predicted molar refractivity (Wildman–Crippen MR) is 73.0 cm³/mol. The van der Waals surface area contributed by atoms with Gasteiger partial charge in [-0.3, -0.25) is 4.79 Å². The number of amides is 1. The molecule has 0 aliphatic rings. The number of nitrogens with two attached hydrogens (primary N) is 1. The van der Waals surface area contributed by atoms with Gasteiger partial charge in [-0.25, -0.2) is 4.98 Å². The fourth-order valence-corrected chi connectivity index (χ4v) is 1.60. The summed E-state index contributed by atoms with van der Waals surface area (Å²) >= 11 is 9.13.